The fourth-order valence-corrected chi connectivity index (χ4v) is 3.65. The van der Waals surface area contributed by atoms with E-state index in [1.165, 1.54) is 6.07 Å². The summed E-state index contributed by atoms with van der Waals surface area (Å²) >= 11 is 6.36. The van der Waals surface area contributed by atoms with E-state index < -0.39 is 11.9 Å². The zero-order chi connectivity index (χ0) is 22.6. The molecule has 0 saturated carbocycles. The van der Waals surface area contributed by atoms with Crippen molar-refractivity contribution in [3.63, 3.8) is 0 Å². The molecule has 5 heteroatoms. The van der Waals surface area contributed by atoms with Crippen LogP contribution in [0.3, 0.4) is 0 Å². The molecule has 0 saturated heterocycles. The van der Waals surface area contributed by atoms with Gasteiger partial charge in [0.2, 0.25) is 0 Å². The number of carbonyl (C=O) groups excluding carboxylic acids is 2. The standard InChI is InChI=1S/C24H37ClO4/c1-10-15-13-16(21(26)28-19(11-2)23(4,5)6)17(14-18(15)25)22(27)29-20(12-3)24(7,8)9/h13-14,19-20H,10-12H2,1-9H3. The lowest BCUT2D eigenvalue weighted by atomic mass is 9.87. The van der Waals surface area contributed by atoms with Crippen LogP contribution in [0.15, 0.2) is 12.1 Å². The predicted molar refractivity (Wildman–Crippen MR) is 119 cm³/mol. The van der Waals surface area contributed by atoms with Crippen molar-refractivity contribution < 1.29 is 19.1 Å². The Balaban J connectivity index is 3.35. The molecular weight excluding hydrogens is 388 g/mol. The number of benzene rings is 1. The number of rotatable bonds is 7. The topological polar surface area (TPSA) is 52.6 Å². The van der Waals surface area contributed by atoms with Gasteiger partial charge in [0, 0.05) is 5.02 Å². The summed E-state index contributed by atoms with van der Waals surface area (Å²) < 4.78 is 11.6. The minimum absolute atomic E-state index is 0.156. The largest absolute Gasteiger partial charge is 0.458 e. The number of hydrogen-bond acceptors (Lipinski definition) is 4. The number of halogens is 1. The van der Waals surface area contributed by atoms with E-state index in [1.54, 1.807) is 6.07 Å². The third-order valence-corrected chi connectivity index (χ3v) is 5.53. The van der Waals surface area contributed by atoms with E-state index in [1.807, 2.05) is 62.3 Å². The molecule has 0 fully saturated rings. The SMILES string of the molecule is CCc1cc(C(=O)OC(CC)C(C)(C)C)c(C(=O)OC(CC)C(C)(C)C)cc1Cl. The molecule has 1 rings (SSSR count). The molecule has 0 aromatic heterocycles. The fraction of sp³-hybridized carbons (Fsp3) is 0.667. The van der Waals surface area contributed by atoms with Crippen LogP contribution < -0.4 is 0 Å². The first-order chi connectivity index (χ1) is 13.3. The maximum absolute atomic E-state index is 13.0. The maximum Gasteiger partial charge on any atom is 0.339 e. The van der Waals surface area contributed by atoms with Crippen LogP contribution in [0.1, 0.15) is 101 Å². The third-order valence-electron chi connectivity index (χ3n) is 5.18. The number of aryl methyl sites for hydroxylation is 1. The molecular formula is C24H37ClO4. The summed E-state index contributed by atoms with van der Waals surface area (Å²) in [6.45, 7) is 18.0. The Morgan fingerprint density at radius 3 is 1.52 bits per heavy atom. The highest BCUT2D eigenvalue weighted by molar-refractivity contribution is 6.32. The molecule has 0 aliphatic rings. The van der Waals surface area contributed by atoms with Crippen LogP contribution in [0.4, 0.5) is 0 Å². The molecule has 0 aliphatic carbocycles. The van der Waals surface area contributed by atoms with Crippen molar-refractivity contribution in [2.75, 3.05) is 0 Å². The summed E-state index contributed by atoms with van der Waals surface area (Å²) in [6.07, 6.45) is 1.46. The summed E-state index contributed by atoms with van der Waals surface area (Å²) in [7, 11) is 0. The molecule has 0 amide bonds. The predicted octanol–water partition coefficient (Wildman–Crippen LogP) is 6.87. The van der Waals surface area contributed by atoms with E-state index >= 15 is 0 Å². The molecule has 4 nitrogen and oxygen atoms in total. The van der Waals surface area contributed by atoms with Gasteiger partial charge < -0.3 is 9.47 Å². The van der Waals surface area contributed by atoms with Gasteiger partial charge in [-0.3, -0.25) is 0 Å². The highest BCUT2D eigenvalue weighted by Gasteiger charge is 2.32. The van der Waals surface area contributed by atoms with Gasteiger partial charge in [0.25, 0.3) is 0 Å². The van der Waals surface area contributed by atoms with E-state index in [0.29, 0.717) is 24.3 Å². The monoisotopic (exact) mass is 424 g/mol. The quantitative estimate of drug-likeness (QED) is 0.448. The minimum atomic E-state index is -0.549. The van der Waals surface area contributed by atoms with Gasteiger partial charge in [0.1, 0.15) is 12.2 Å². The van der Waals surface area contributed by atoms with E-state index in [2.05, 4.69) is 0 Å². The number of hydrogen-bond donors (Lipinski definition) is 0. The molecule has 2 unspecified atom stereocenters. The molecule has 1 aromatic carbocycles. The van der Waals surface area contributed by atoms with Gasteiger partial charge in [0.05, 0.1) is 11.1 Å². The average Bonchev–Trinajstić information content (AvgIpc) is 2.61. The zero-order valence-electron chi connectivity index (χ0n) is 19.4. The number of ether oxygens (including phenoxy) is 2. The van der Waals surface area contributed by atoms with Gasteiger partial charge in [0.15, 0.2) is 0 Å². The first-order valence-electron chi connectivity index (χ1n) is 10.5. The van der Waals surface area contributed by atoms with Crippen LogP contribution in [0.25, 0.3) is 0 Å². The van der Waals surface area contributed by atoms with Crippen LogP contribution in [-0.2, 0) is 15.9 Å². The van der Waals surface area contributed by atoms with Gasteiger partial charge in [-0.25, -0.2) is 9.59 Å². The van der Waals surface area contributed by atoms with Gasteiger partial charge in [-0.1, -0.05) is 73.9 Å². The van der Waals surface area contributed by atoms with Crippen molar-refractivity contribution in [3.05, 3.63) is 33.8 Å². The average molecular weight is 425 g/mol. The van der Waals surface area contributed by atoms with Crippen LogP contribution in [0.5, 0.6) is 0 Å². The number of carbonyl (C=O) groups is 2. The van der Waals surface area contributed by atoms with Crippen LogP contribution in [0.2, 0.25) is 5.02 Å². The van der Waals surface area contributed by atoms with Crippen molar-refractivity contribution in [2.24, 2.45) is 10.8 Å². The second kappa shape index (κ2) is 9.97. The normalized spacial score (nSPS) is 14.3. The lowest BCUT2D eigenvalue weighted by molar-refractivity contribution is -0.00793. The van der Waals surface area contributed by atoms with Crippen molar-refractivity contribution in [1.29, 1.82) is 0 Å². The number of esters is 2. The molecule has 0 aliphatic heterocycles. The Labute approximate surface area is 181 Å². The molecule has 164 valence electrons. The zero-order valence-corrected chi connectivity index (χ0v) is 20.2. The smallest absolute Gasteiger partial charge is 0.339 e. The van der Waals surface area contributed by atoms with Crippen molar-refractivity contribution in [1.82, 2.24) is 0 Å². The van der Waals surface area contributed by atoms with E-state index in [4.69, 9.17) is 21.1 Å². The highest BCUT2D eigenvalue weighted by atomic mass is 35.5. The van der Waals surface area contributed by atoms with Crippen molar-refractivity contribution in [3.8, 4) is 0 Å². The fourth-order valence-electron chi connectivity index (χ4n) is 3.36. The van der Waals surface area contributed by atoms with Crippen LogP contribution in [-0.4, -0.2) is 24.1 Å². The lowest BCUT2D eigenvalue weighted by Gasteiger charge is -2.30. The van der Waals surface area contributed by atoms with E-state index in [-0.39, 0.29) is 34.2 Å². The summed E-state index contributed by atoms with van der Waals surface area (Å²) in [4.78, 5) is 26.0. The molecule has 0 heterocycles. The van der Waals surface area contributed by atoms with Crippen LogP contribution in [0, 0.1) is 10.8 Å². The van der Waals surface area contributed by atoms with E-state index in [0.717, 1.165) is 5.56 Å². The van der Waals surface area contributed by atoms with Crippen LogP contribution >= 0.6 is 11.6 Å². The second-order valence-electron chi connectivity index (χ2n) is 9.68. The summed E-state index contributed by atoms with van der Waals surface area (Å²) in [6, 6.07) is 3.20. The molecule has 0 spiro atoms. The summed E-state index contributed by atoms with van der Waals surface area (Å²) in [5.74, 6) is -1.07. The maximum atomic E-state index is 13.0. The van der Waals surface area contributed by atoms with Gasteiger partial charge >= 0.3 is 11.9 Å². The molecule has 0 bridgehead atoms. The molecule has 1 aromatic rings. The van der Waals surface area contributed by atoms with E-state index in [9.17, 15) is 9.59 Å². The third kappa shape index (κ3) is 6.74. The lowest BCUT2D eigenvalue weighted by Crippen LogP contribution is -2.33. The summed E-state index contributed by atoms with van der Waals surface area (Å²) in [5.41, 5.74) is 0.746. The Morgan fingerprint density at radius 1 is 0.828 bits per heavy atom. The molecule has 29 heavy (non-hydrogen) atoms. The van der Waals surface area contributed by atoms with Crippen molar-refractivity contribution >= 4 is 23.5 Å². The highest BCUT2D eigenvalue weighted by Crippen LogP contribution is 2.30. The first-order valence-corrected chi connectivity index (χ1v) is 10.9. The van der Waals surface area contributed by atoms with Crippen molar-refractivity contribution in [2.45, 2.75) is 93.8 Å². The molecule has 2 atom stereocenters. The van der Waals surface area contributed by atoms with Gasteiger partial charge in [-0.05, 0) is 47.8 Å². The summed E-state index contributed by atoms with van der Waals surface area (Å²) in [5, 5.41) is 0.447. The molecule has 0 N–H and O–H groups in total. The minimum Gasteiger partial charge on any atom is -0.458 e. The Morgan fingerprint density at radius 2 is 1.21 bits per heavy atom. The first kappa shape index (κ1) is 25.5. The second-order valence-corrected chi connectivity index (χ2v) is 10.1. The van der Waals surface area contributed by atoms with Gasteiger partial charge in [-0.2, -0.15) is 0 Å². The molecule has 0 radical (unpaired) electrons. The van der Waals surface area contributed by atoms with Gasteiger partial charge in [-0.15, -0.1) is 0 Å². The Hall–Kier alpha value is -1.55. The Kier molecular flexibility index (Phi) is 8.76. The Bertz CT molecular complexity index is 726.